The van der Waals surface area contributed by atoms with E-state index < -0.39 is 12.8 Å². The van der Waals surface area contributed by atoms with E-state index in [9.17, 15) is 18.3 Å². The van der Waals surface area contributed by atoms with Gasteiger partial charge in [-0.2, -0.15) is 13.2 Å². The number of aromatic hydroxyl groups is 1. The Morgan fingerprint density at radius 2 is 1.55 bits per heavy atom. The predicted octanol–water partition coefficient (Wildman–Crippen LogP) is 4.34. The Morgan fingerprint density at radius 1 is 0.966 bits per heavy atom. The number of hydrogen-bond acceptors (Lipinski definition) is 3. The Morgan fingerprint density at radius 3 is 2.14 bits per heavy atom. The van der Waals surface area contributed by atoms with E-state index in [2.05, 4.69) is 20.4 Å². The second kappa shape index (κ2) is 12.5. The molecule has 0 fully saturated rings. The Labute approximate surface area is 185 Å². The number of nitrogens with zero attached hydrogens (tertiary/aromatic N) is 1. The van der Waals surface area contributed by atoms with E-state index in [1.807, 2.05) is 31.2 Å². The first-order chi connectivity index (χ1) is 13.4. The zero-order valence-electron chi connectivity index (χ0n) is 16.0. The second-order valence-electron chi connectivity index (χ2n) is 6.14. The third kappa shape index (κ3) is 10.4. The molecule has 160 valence electrons. The zero-order valence-corrected chi connectivity index (χ0v) is 18.3. The summed E-state index contributed by atoms with van der Waals surface area (Å²) in [4.78, 5) is 4.50. The van der Waals surface area contributed by atoms with Crippen LogP contribution in [0.1, 0.15) is 23.6 Å². The van der Waals surface area contributed by atoms with Crippen molar-refractivity contribution in [1.82, 2.24) is 10.6 Å². The molecule has 3 N–H and O–H groups in total. The molecule has 29 heavy (non-hydrogen) atoms. The first-order valence-electron chi connectivity index (χ1n) is 8.88. The lowest BCUT2D eigenvalue weighted by molar-refractivity contribution is -0.176. The van der Waals surface area contributed by atoms with E-state index >= 15 is 0 Å². The van der Waals surface area contributed by atoms with Crippen molar-refractivity contribution in [2.45, 2.75) is 32.8 Å². The fraction of sp³-hybridized carbons (Fsp3) is 0.350. The lowest BCUT2D eigenvalue weighted by Gasteiger charge is -2.12. The molecule has 0 spiro atoms. The lowest BCUT2D eigenvalue weighted by atomic mass is 10.1. The molecule has 0 aliphatic heterocycles. The van der Waals surface area contributed by atoms with Crippen LogP contribution in [-0.2, 0) is 24.4 Å². The topological polar surface area (TPSA) is 65.9 Å². The van der Waals surface area contributed by atoms with Gasteiger partial charge in [-0.15, -0.1) is 24.0 Å². The molecule has 0 radical (unpaired) electrons. The highest BCUT2D eigenvalue weighted by atomic mass is 127. The van der Waals surface area contributed by atoms with E-state index in [4.69, 9.17) is 0 Å². The van der Waals surface area contributed by atoms with Crippen molar-refractivity contribution in [2.24, 2.45) is 4.99 Å². The van der Waals surface area contributed by atoms with Crippen LogP contribution in [0.25, 0.3) is 0 Å². The summed E-state index contributed by atoms with van der Waals surface area (Å²) in [7, 11) is 0. The summed E-state index contributed by atoms with van der Waals surface area (Å²) in [6, 6.07) is 14.0. The standard InChI is InChI=1S/C20H24F3N3O2.HI/c1-2-24-19(26-12-16-7-9-18(27)10-8-16)25-11-15-3-5-17(6-4-15)13-28-14-20(21,22)23;/h3-10,27H,2,11-14H2,1H3,(H2,24,25,26);1H. The second-order valence-corrected chi connectivity index (χ2v) is 6.14. The van der Waals surface area contributed by atoms with Crippen LogP contribution in [0, 0.1) is 0 Å². The van der Waals surface area contributed by atoms with Crippen LogP contribution in [0.3, 0.4) is 0 Å². The number of benzene rings is 2. The number of phenols is 1. The normalized spacial score (nSPS) is 11.7. The van der Waals surface area contributed by atoms with E-state index in [-0.39, 0.29) is 36.3 Å². The fourth-order valence-electron chi connectivity index (χ4n) is 2.34. The summed E-state index contributed by atoms with van der Waals surface area (Å²) in [5, 5.41) is 15.7. The third-order valence-electron chi connectivity index (χ3n) is 3.72. The average molecular weight is 523 g/mol. The molecule has 0 aromatic heterocycles. The minimum absolute atomic E-state index is 0. The fourth-order valence-corrected chi connectivity index (χ4v) is 2.34. The predicted molar refractivity (Wildman–Crippen MR) is 117 cm³/mol. The number of phenolic OH excluding ortho intramolecular Hbond substituents is 1. The van der Waals surface area contributed by atoms with Crippen molar-refractivity contribution in [1.29, 1.82) is 0 Å². The van der Waals surface area contributed by atoms with Gasteiger partial charge in [-0.05, 0) is 35.7 Å². The van der Waals surface area contributed by atoms with Crippen molar-refractivity contribution in [3.8, 4) is 5.75 Å². The molecule has 0 atom stereocenters. The maximum absolute atomic E-state index is 12.1. The molecule has 0 saturated heterocycles. The van der Waals surface area contributed by atoms with Crippen molar-refractivity contribution in [3.63, 3.8) is 0 Å². The Balaban J connectivity index is 0.00000420. The maximum atomic E-state index is 12.1. The Bertz CT molecular complexity index is 751. The molecule has 0 heterocycles. The molecule has 2 rings (SSSR count). The lowest BCUT2D eigenvalue weighted by Crippen LogP contribution is -2.36. The summed E-state index contributed by atoms with van der Waals surface area (Å²) in [5.74, 6) is 0.859. The minimum atomic E-state index is -4.31. The number of aliphatic imine (C=N–C) groups is 1. The Hall–Kier alpha value is -2.01. The summed E-state index contributed by atoms with van der Waals surface area (Å²) >= 11 is 0. The average Bonchev–Trinajstić information content (AvgIpc) is 2.65. The Kier molecular flexibility index (Phi) is 10.8. The molecule has 0 unspecified atom stereocenters. The summed E-state index contributed by atoms with van der Waals surface area (Å²) < 4.78 is 40.9. The van der Waals surface area contributed by atoms with Crippen molar-refractivity contribution < 1.29 is 23.0 Å². The molecule has 0 saturated carbocycles. The highest BCUT2D eigenvalue weighted by molar-refractivity contribution is 14.0. The van der Waals surface area contributed by atoms with Crippen LogP contribution in [0.15, 0.2) is 53.5 Å². The van der Waals surface area contributed by atoms with Gasteiger partial charge in [-0.25, -0.2) is 4.99 Å². The van der Waals surface area contributed by atoms with Crippen LogP contribution < -0.4 is 10.6 Å². The molecule has 2 aromatic carbocycles. The van der Waals surface area contributed by atoms with Gasteiger partial charge in [0.1, 0.15) is 12.4 Å². The molecular weight excluding hydrogens is 498 g/mol. The molecule has 5 nitrogen and oxygen atoms in total. The largest absolute Gasteiger partial charge is 0.508 e. The van der Waals surface area contributed by atoms with Crippen molar-refractivity contribution in [3.05, 3.63) is 65.2 Å². The van der Waals surface area contributed by atoms with Crippen LogP contribution in [-0.4, -0.2) is 30.4 Å². The van der Waals surface area contributed by atoms with E-state index in [1.165, 1.54) is 0 Å². The van der Waals surface area contributed by atoms with Gasteiger partial charge in [-0.1, -0.05) is 36.4 Å². The molecule has 0 amide bonds. The number of rotatable bonds is 8. The van der Waals surface area contributed by atoms with E-state index in [0.717, 1.165) is 11.1 Å². The van der Waals surface area contributed by atoms with Gasteiger partial charge >= 0.3 is 6.18 Å². The number of nitrogens with one attached hydrogen (secondary N) is 2. The molecule has 2 aromatic rings. The minimum Gasteiger partial charge on any atom is -0.508 e. The van der Waals surface area contributed by atoms with E-state index in [1.54, 1.807) is 24.3 Å². The molecule has 0 aliphatic rings. The van der Waals surface area contributed by atoms with Gasteiger partial charge in [0.2, 0.25) is 0 Å². The third-order valence-corrected chi connectivity index (χ3v) is 3.72. The van der Waals surface area contributed by atoms with E-state index in [0.29, 0.717) is 31.2 Å². The number of ether oxygens (including phenoxy) is 1. The quantitative estimate of drug-likeness (QED) is 0.274. The number of halogens is 4. The van der Waals surface area contributed by atoms with Gasteiger partial charge in [0.25, 0.3) is 0 Å². The van der Waals surface area contributed by atoms with Crippen LogP contribution in [0.4, 0.5) is 13.2 Å². The van der Waals surface area contributed by atoms with Gasteiger partial charge in [0, 0.05) is 13.1 Å². The van der Waals surface area contributed by atoms with Gasteiger partial charge in [0.15, 0.2) is 5.96 Å². The molecule has 0 bridgehead atoms. The monoisotopic (exact) mass is 523 g/mol. The summed E-state index contributed by atoms with van der Waals surface area (Å²) in [6.45, 7) is 2.32. The van der Waals surface area contributed by atoms with Gasteiger partial charge < -0.3 is 20.5 Å². The number of alkyl halides is 3. The van der Waals surface area contributed by atoms with Crippen LogP contribution >= 0.6 is 24.0 Å². The maximum Gasteiger partial charge on any atom is 0.411 e. The highest BCUT2D eigenvalue weighted by Crippen LogP contribution is 2.16. The summed E-state index contributed by atoms with van der Waals surface area (Å²) in [5.41, 5.74) is 2.62. The van der Waals surface area contributed by atoms with Crippen LogP contribution in [0.5, 0.6) is 5.75 Å². The van der Waals surface area contributed by atoms with Gasteiger partial charge in [-0.3, -0.25) is 0 Å². The van der Waals surface area contributed by atoms with Crippen molar-refractivity contribution in [2.75, 3.05) is 13.2 Å². The highest BCUT2D eigenvalue weighted by Gasteiger charge is 2.27. The molecule has 9 heteroatoms. The summed E-state index contributed by atoms with van der Waals surface area (Å²) in [6.07, 6.45) is -4.31. The molecular formula is C20H25F3IN3O2. The zero-order chi connectivity index (χ0) is 20.4. The van der Waals surface area contributed by atoms with Crippen molar-refractivity contribution >= 4 is 29.9 Å². The smallest absolute Gasteiger partial charge is 0.411 e. The van der Waals surface area contributed by atoms with Crippen LogP contribution in [0.2, 0.25) is 0 Å². The molecule has 0 aliphatic carbocycles. The number of hydrogen-bond donors (Lipinski definition) is 3. The SMILES string of the molecule is CCNC(=NCc1ccc(O)cc1)NCc1ccc(COCC(F)(F)F)cc1.I. The first-order valence-corrected chi connectivity index (χ1v) is 8.88. The number of guanidine groups is 1. The first kappa shape index (κ1) is 25.0. The van der Waals surface area contributed by atoms with Gasteiger partial charge in [0.05, 0.1) is 13.2 Å².